The molecule has 3 aromatic rings. The molecule has 4 heteroatoms. The summed E-state index contributed by atoms with van der Waals surface area (Å²) in [7, 11) is 1.75. The van der Waals surface area contributed by atoms with Crippen molar-refractivity contribution in [2.75, 3.05) is 13.7 Å². The summed E-state index contributed by atoms with van der Waals surface area (Å²) >= 11 is 3.61. The Morgan fingerprint density at radius 3 is 2.65 bits per heavy atom. The lowest BCUT2D eigenvalue weighted by Crippen LogP contribution is -2.31. The Morgan fingerprint density at radius 1 is 1.12 bits per heavy atom. The summed E-state index contributed by atoms with van der Waals surface area (Å²) in [5, 5.41) is 5.01. The van der Waals surface area contributed by atoms with Gasteiger partial charge in [0.1, 0.15) is 5.75 Å². The Bertz CT molecular complexity index is 968. The van der Waals surface area contributed by atoms with Gasteiger partial charge in [-0.05, 0) is 53.3 Å². The van der Waals surface area contributed by atoms with E-state index in [0.29, 0.717) is 0 Å². The largest absolute Gasteiger partial charge is 0.496 e. The number of aromatic nitrogens is 1. The van der Waals surface area contributed by atoms with Gasteiger partial charge in [-0.15, -0.1) is 0 Å². The fourth-order valence-electron chi connectivity index (χ4n) is 3.89. The third kappa shape index (κ3) is 2.95. The van der Waals surface area contributed by atoms with Gasteiger partial charge in [0.25, 0.3) is 0 Å². The average Bonchev–Trinajstić information content (AvgIpc) is 2.98. The maximum Gasteiger partial charge on any atom is 0.124 e. The summed E-state index contributed by atoms with van der Waals surface area (Å²) in [6.07, 6.45) is 1.03. The lowest BCUT2D eigenvalue weighted by Gasteiger charge is -2.28. The second kappa shape index (κ2) is 6.43. The third-order valence-electron chi connectivity index (χ3n) is 5.32. The van der Waals surface area contributed by atoms with E-state index in [1.807, 2.05) is 0 Å². The Hall–Kier alpha value is -1.78. The molecule has 4 rings (SSSR count). The summed E-state index contributed by atoms with van der Waals surface area (Å²) in [6, 6.07) is 13.1. The Labute approximate surface area is 163 Å². The summed E-state index contributed by atoms with van der Waals surface area (Å²) < 4.78 is 6.83. The first-order chi connectivity index (χ1) is 12.4. The van der Waals surface area contributed by atoms with Crippen molar-refractivity contribution in [1.29, 1.82) is 0 Å². The van der Waals surface area contributed by atoms with Crippen LogP contribution in [-0.4, -0.2) is 18.6 Å². The number of ether oxygens (including phenoxy) is 1. The van der Waals surface area contributed by atoms with Gasteiger partial charge in [-0.25, -0.2) is 0 Å². The Balaban J connectivity index is 1.89. The molecule has 2 heterocycles. The molecule has 0 bridgehead atoms. The van der Waals surface area contributed by atoms with Crippen LogP contribution in [-0.2, 0) is 11.8 Å². The Morgan fingerprint density at radius 2 is 1.92 bits per heavy atom. The highest BCUT2D eigenvalue weighted by atomic mass is 79.9. The van der Waals surface area contributed by atoms with Gasteiger partial charge in [-0.2, -0.15) is 0 Å². The van der Waals surface area contributed by atoms with E-state index >= 15 is 0 Å². The van der Waals surface area contributed by atoms with Gasteiger partial charge in [0.05, 0.1) is 13.2 Å². The molecule has 0 spiro atoms. The van der Waals surface area contributed by atoms with Crippen molar-refractivity contribution in [3.8, 4) is 5.75 Å². The maximum absolute atomic E-state index is 5.71. The normalized spacial score (nSPS) is 17.3. The zero-order chi connectivity index (χ0) is 18.5. The van der Waals surface area contributed by atoms with Crippen molar-refractivity contribution in [3.05, 3.63) is 63.3 Å². The van der Waals surface area contributed by atoms with E-state index < -0.39 is 0 Å². The summed E-state index contributed by atoms with van der Waals surface area (Å²) in [5.41, 5.74) is 6.48. The third-order valence-corrected chi connectivity index (χ3v) is 5.81. The second-order valence-electron chi connectivity index (χ2n) is 8.05. The van der Waals surface area contributed by atoms with Crippen LogP contribution in [0.2, 0.25) is 0 Å². The van der Waals surface area contributed by atoms with Gasteiger partial charge in [0.15, 0.2) is 0 Å². The molecule has 1 atom stereocenters. The van der Waals surface area contributed by atoms with Crippen LogP contribution < -0.4 is 10.1 Å². The molecule has 26 heavy (non-hydrogen) atoms. The van der Waals surface area contributed by atoms with Crippen LogP contribution in [0.15, 0.2) is 40.9 Å². The molecule has 1 aromatic heterocycles. The SMILES string of the molecule is COc1ccc(C(C)(C)C)cc1C1NCCc2c1[nH]c1ccc(Br)cc21. The number of nitrogens with one attached hydrogen (secondary N) is 2. The highest BCUT2D eigenvalue weighted by Crippen LogP contribution is 2.39. The van der Waals surface area contributed by atoms with Gasteiger partial charge >= 0.3 is 0 Å². The molecule has 1 aliphatic rings. The molecule has 0 saturated carbocycles. The van der Waals surface area contributed by atoms with Crippen molar-refractivity contribution in [2.24, 2.45) is 0 Å². The highest BCUT2D eigenvalue weighted by molar-refractivity contribution is 9.10. The van der Waals surface area contributed by atoms with Crippen molar-refractivity contribution in [2.45, 2.75) is 38.6 Å². The first-order valence-corrected chi connectivity index (χ1v) is 9.89. The molecule has 0 saturated heterocycles. The lowest BCUT2D eigenvalue weighted by atomic mass is 9.84. The molecule has 1 unspecified atom stereocenters. The molecule has 0 aliphatic carbocycles. The van der Waals surface area contributed by atoms with Crippen molar-refractivity contribution in [3.63, 3.8) is 0 Å². The van der Waals surface area contributed by atoms with Crippen molar-refractivity contribution in [1.82, 2.24) is 10.3 Å². The fourth-order valence-corrected chi connectivity index (χ4v) is 4.25. The van der Waals surface area contributed by atoms with Crippen LogP contribution >= 0.6 is 15.9 Å². The number of hydrogen-bond acceptors (Lipinski definition) is 2. The van der Waals surface area contributed by atoms with Crippen LogP contribution in [0.5, 0.6) is 5.75 Å². The molecular formula is C22H25BrN2O. The minimum atomic E-state index is 0.101. The topological polar surface area (TPSA) is 37.0 Å². The number of rotatable bonds is 2. The minimum absolute atomic E-state index is 0.101. The van der Waals surface area contributed by atoms with Crippen LogP contribution in [0, 0.1) is 0 Å². The fraction of sp³-hybridized carbons (Fsp3) is 0.364. The van der Waals surface area contributed by atoms with Gasteiger partial charge in [-0.1, -0.05) is 42.8 Å². The number of fused-ring (bicyclic) bond motifs is 3. The number of halogens is 1. The number of methoxy groups -OCH3 is 1. The first kappa shape index (κ1) is 17.6. The predicted molar refractivity (Wildman–Crippen MR) is 111 cm³/mol. The molecule has 2 N–H and O–H groups in total. The van der Waals surface area contributed by atoms with Gasteiger partial charge in [-0.3, -0.25) is 0 Å². The molecule has 2 aromatic carbocycles. The second-order valence-corrected chi connectivity index (χ2v) is 8.97. The van der Waals surface area contributed by atoms with Crippen LogP contribution in [0.4, 0.5) is 0 Å². The summed E-state index contributed by atoms with van der Waals surface area (Å²) in [4.78, 5) is 3.66. The number of aromatic amines is 1. The van der Waals surface area contributed by atoms with E-state index in [4.69, 9.17) is 4.74 Å². The zero-order valence-corrected chi connectivity index (χ0v) is 17.3. The van der Waals surface area contributed by atoms with E-state index in [9.17, 15) is 0 Å². The maximum atomic E-state index is 5.71. The van der Waals surface area contributed by atoms with Crippen LogP contribution in [0.1, 0.15) is 49.2 Å². The van der Waals surface area contributed by atoms with E-state index in [0.717, 1.165) is 23.2 Å². The van der Waals surface area contributed by atoms with E-state index in [1.165, 1.54) is 33.3 Å². The molecule has 0 radical (unpaired) electrons. The van der Waals surface area contributed by atoms with Crippen molar-refractivity contribution < 1.29 is 4.74 Å². The van der Waals surface area contributed by atoms with Crippen LogP contribution in [0.25, 0.3) is 10.9 Å². The number of hydrogen-bond donors (Lipinski definition) is 2. The summed E-state index contributed by atoms with van der Waals surface area (Å²) in [5.74, 6) is 0.934. The zero-order valence-electron chi connectivity index (χ0n) is 15.7. The summed E-state index contributed by atoms with van der Waals surface area (Å²) in [6.45, 7) is 7.70. The van der Waals surface area contributed by atoms with E-state index in [2.05, 4.69) is 83.4 Å². The highest BCUT2D eigenvalue weighted by Gasteiger charge is 2.28. The number of benzene rings is 2. The predicted octanol–water partition coefficient (Wildman–Crippen LogP) is 5.47. The Kier molecular flexibility index (Phi) is 4.36. The van der Waals surface area contributed by atoms with Crippen LogP contribution in [0.3, 0.4) is 0 Å². The van der Waals surface area contributed by atoms with Gasteiger partial charge in [0.2, 0.25) is 0 Å². The van der Waals surface area contributed by atoms with Gasteiger partial charge < -0.3 is 15.0 Å². The van der Waals surface area contributed by atoms with E-state index in [1.54, 1.807) is 7.11 Å². The molecule has 0 amide bonds. The average molecular weight is 413 g/mol. The van der Waals surface area contributed by atoms with E-state index in [-0.39, 0.29) is 11.5 Å². The minimum Gasteiger partial charge on any atom is -0.496 e. The molecule has 0 fully saturated rings. The first-order valence-electron chi connectivity index (χ1n) is 9.10. The van der Waals surface area contributed by atoms with Gasteiger partial charge in [0, 0.05) is 33.2 Å². The molecule has 3 nitrogen and oxygen atoms in total. The molecular weight excluding hydrogens is 388 g/mol. The number of H-pyrrole nitrogens is 1. The molecule has 136 valence electrons. The molecule has 1 aliphatic heterocycles. The van der Waals surface area contributed by atoms with Crippen molar-refractivity contribution >= 4 is 26.8 Å². The quantitative estimate of drug-likeness (QED) is 0.585. The smallest absolute Gasteiger partial charge is 0.124 e. The lowest BCUT2D eigenvalue weighted by molar-refractivity contribution is 0.401. The standard InChI is InChI=1S/C22H25BrN2O/c1-22(2,3)13-5-8-19(26-4)17(11-13)20-21-15(9-10-24-20)16-12-14(23)6-7-18(16)25-21/h5-8,11-12,20,24-25H,9-10H2,1-4H3. The monoisotopic (exact) mass is 412 g/mol.